The first-order chi connectivity index (χ1) is 9.29. The fourth-order valence-corrected chi connectivity index (χ4v) is 3.80. The minimum absolute atomic E-state index is 0.393. The van der Waals surface area contributed by atoms with Gasteiger partial charge in [-0.25, -0.2) is 0 Å². The molecule has 0 bridgehead atoms. The molecule has 1 aliphatic carbocycles. The van der Waals surface area contributed by atoms with Crippen LogP contribution in [0.5, 0.6) is 0 Å². The van der Waals surface area contributed by atoms with E-state index in [2.05, 4.69) is 25.7 Å². The first-order valence-corrected chi connectivity index (χ1v) is 8.98. The molecule has 19 heavy (non-hydrogen) atoms. The summed E-state index contributed by atoms with van der Waals surface area (Å²) >= 11 is 3.48. The van der Waals surface area contributed by atoms with Gasteiger partial charge in [0.05, 0.1) is 0 Å². The van der Waals surface area contributed by atoms with Gasteiger partial charge in [0.25, 0.3) is 0 Å². The maximum atomic E-state index is 12.2. The molecular formula is C15H27BrN2O. The van der Waals surface area contributed by atoms with Crippen molar-refractivity contribution >= 4 is 21.8 Å². The number of hydrogen-bond donors (Lipinski definition) is 0. The van der Waals surface area contributed by atoms with Gasteiger partial charge in [0, 0.05) is 44.5 Å². The monoisotopic (exact) mass is 330 g/mol. The molecule has 1 saturated heterocycles. The first kappa shape index (κ1) is 15.3. The highest BCUT2D eigenvalue weighted by molar-refractivity contribution is 9.09. The van der Waals surface area contributed by atoms with Gasteiger partial charge in [-0.1, -0.05) is 48.0 Å². The summed E-state index contributed by atoms with van der Waals surface area (Å²) in [6.07, 6.45) is 8.77. The van der Waals surface area contributed by atoms with E-state index < -0.39 is 0 Å². The van der Waals surface area contributed by atoms with E-state index >= 15 is 0 Å². The topological polar surface area (TPSA) is 23.6 Å². The van der Waals surface area contributed by atoms with E-state index in [0.717, 1.165) is 56.8 Å². The van der Waals surface area contributed by atoms with Crippen LogP contribution in [0, 0.1) is 5.92 Å². The molecular weight excluding hydrogens is 304 g/mol. The second-order valence-corrected chi connectivity index (χ2v) is 6.75. The number of amides is 1. The van der Waals surface area contributed by atoms with E-state index in [0.29, 0.717) is 5.91 Å². The summed E-state index contributed by atoms with van der Waals surface area (Å²) in [4.78, 5) is 16.7. The van der Waals surface area contributed by atoms with Crippen LogP contribution in [0.4, 0.5) is 0 Å². The van der Waals surface area contributed by atoms with Gasteiger partial charge in [0.2, 0.25) is 5.91 Å². The Morgan fingerprint density at radius 2 is 1.74 bits per heavy atom. The predicted molar refractivity (Wildman–Crippen MR) is 82.6 cm³/mol. The van der Waals surface area contributed by atoms with Gasteiger partial charge in [-0.05, 0) is 12.3 Å². The third kappa shape index (κ3) is 5.07. The molecule has 2 rings (SSSR count). The molecule has 1 saturated carbocycles. The lowest BCUT2D eigenvalue weighted by Crippen LogP contribution is -2.49. The summed E-state index contributed by atoms with van der Waals surface area (Å²) in [5, 5.41) is 1.03. The SMILES string of the molecule is O=C(CCC1CCCCC1)N1CCN(CCBr)CC1. The maximum absolute atomic E-state index is 12.2. The molecule has 3 nitrogen and oxygen atoms in total. The molecule has 0 aromatic heterocycles. The van der Waals surface area contributed by atoms with Gasteiger partial charge < -0.3 is 4.90 Å². The van der Waals surface area contributed by atoms with Crippen LogP contribution in [-0.2, 0) is 4.79 Å². The zero-order valence-corrected chi connectivity index (χ0v) is 13.5. The second kappa shape index (κ2) is 8.25. The lowest BCUT2D eigenvalue weighted by Gasteiger charge is -2.34. The standard InChI is InChI=1S/C15H27BrN2O/c16-8-9-17-10-12-18(13-11-17)15(19)7-6-14-4-2-1-3-5-14/h14H,1-13H2. The third-order valence-corrected chi connectivity index (χ3v) is 4.97. The fourth-order valence-electron chi connectivity index (χ4n) is 3.30. The summed E-state index contributed by atoms with van der Waals surface area (Å²) < 4.78 is 0. The van der Waals surface area contributed by atoms with Crippen LogP contribution in [0.25, 0.3) is 0 Å². The average molecular weight is 331 g/mol. The van der Waals surface area contributed by atoms with Gasteiger partial charge in [0.1, 0.15) is 0 Å². The molecule has 1 aliphatic heterocycles. The molecule has 0 spiro atoms. The molecule has 4 heteroatoms. The zero-order chi connectivity index (χ0) is 13.5. The molecule has 110 valence electrons. The van der Waals surface area contributed by atoms with Gasteiger partial charge in [-0.3, -0.25) is 9.69 Å². The Labute approximate surface area is 125 Å². The smallest absolute Gasteiger partial charge is 0.222 e. The van der Waals surface area contributed by atoms with Gasteiger partial charge >= 0.3 is 0 Å². The lowest BCUT2D eigenvalue weighted by atomic mass is 9.86. The lowest BCUT2D eigenvalue weighted by molar-refractivity contribution is -0.133. The minimum atomic E-state index is 0.393. The van der Waals surface area contributed by atoms with Crippen molar-refractivity contribution < 1.29 is 4.79 Å². The van der Waals surface area contributed by atoms with E-state index in [4.69, 9.17) is 0 Å². The van der Waals surface area contributed by atoms with Crippen LogP contribution in [-0.4, -0.2) is 53.8 Å². The molecule has 2 aliphatic rings. The highest BCUT2D eigenvalue weighted by Crippen LogP contribution is 2.27. The molecule has 0 aromatic carbocycles. The predicted octanol–water partition coefficient (Wildman–Crippen LogP) is 2.89. The average Bonchev–Trinajstić information content (AvgIpc) is 2.47. The molecule has 1 amide bonds. The summed E-state index contributed by atoms with van der Waals surface area (Å²) in [5.74, 6) is 1.22. The fraction of sp³-hybridized carbons (Fsp3) is 0.933. The normalized spacial score (nSPS) is 22.7. The minimum Gasteiger partial charge on any atom is -0.340 e. The van der Waals surface area contributed by atoms with Crippen molar-refractivity contribution in [3.8, 4) is 0 Å². The summed E-state index contributed by atoms with van der Waals surface area (Å²) in [6, 6.07) is 0. The van der Waals surface area contributed by atoms with Crippen molar-refractivity contribution in [3.63, 3.8) is 0 Å². The number of rotatable bonds is 5. The van der Waals surface area contributed by atoms with E-state index in [1.807, 2.05) is 0 Å². The van der Waals surface area contributed by atoms with E-state index in [1.54, 1.807) is 0 Å². The largest absolute Gasteiger partial charge is 0.340 e. The summed E-state index contributed by atoms with van der Waals surface area (Å²) in [6.45, 7) is 5.04. The Morgan fingerprint density at radius 1 is 1.05 bits per heavy atom. The van der Waals surface area contributed by atoms with Crippen molar-refractivity contribution in [1.82, 2.24) is 9.80 Å². The first-order valence-electron chi connectivity index (χ1n) is 7.85. The van der Waals surface area contributed by atoms with E-state index in [-0.39, 0.29) is 0 Å². The Morgan fingerprint density at radius 3 is 2.37 bits per heavy atom. The number of carbonyl (C=O) groups excluding carboxylic acids is 1. The van der Waals surface area contributed by atoms with Crippen LogP contribution in [0.15, 0.2) is 0 Å². The molecule has 0 radical (unpaired) electrons. The number of carbonyl (C=O) groups is 1. The van der Waals surface area contributed by atoms with Crippen molar-refractivity contribution in [2.45, 2.75) is 44.9 Å². The number of halogens is 1. The Bertz CT molecular complexity index is 271. The molecule has 2 fully saturated rings. The highest BCUT2D eigenvalue weighted by Gasteiger charge is 2.22. The Hall–Kier alpha value is -0.0900. The van der Waals surface area contributed by atoms with Crippen molar-refractivity contribution in [1.29, 1.82) is 0 Å². The van der Waals surface area contributed by atoms with Crippen molar-refractivity contribution in [2.75, 3.05) is 38.1 Å². The van der Waals surface area contributed by atoms with Crippen LogP contribution in [0.3, 0.4) is 0 Å². The molecule has 0 aromatic rings. The molecule has 0 unspecified atom stereocenters. The maximum Gasteiger partial charge on any atom is 0.222 e. The summed E-state index contributed by atoms with van der Waals surface area (Å²) in [7, 11) is 0. The van der Waals surface area contributed by atoms with Crippen LogP contribution >= 0.6 is 15.9 Å². The second-order valence-electron chi connectivity index (χ2n) is 5.95. The molecule has 0 atom stereocenters. The van der Waals surface area contributed by atoms with Gasteiger partial charge in [-0.2, -0.15) is 0 Å². The van der Waals surface area contributed by atoms with E-state index in [1.165, 1.54) is 32.1 Å². The van der Waals surface area contributed by atoms with Crippen LogP contribution in [0.1, 0.15) is 44.9 Å². The van der Waals surface area contributed by atoms with Gasteiger partial charge in [-0.15, -0.1) is 0 Å². The third-order valence-electron chi connectivity index (χ3n) is 4.62. The van der Waals surface area contributed by atoms with Gasteiger partial charge in [0.15, 0.2) is 0 Å². The number of nitrogens with zero attached hydrogens (tertiary/aromatic N) is 2. The molecule has 0 N–H and O–H groups in total. The quantitative estimate of drug-likeness (QED) is 0.723. The summed E-state index contributed by atoms with van der Waals surface area (Å²) in [5.41, 5.74) is 0. The highest BCUT2D eigenvalue weighted by atomic mass is 79.9. The number of piperazine rings is 1. The Kier molecular flexibility index (Phi) is 6.65. The zero-order valence-electron chi connectivity index (χ0n) is 12.0. The van der Waals surface area contributed by atoms with Crippen LogP contribution in [0.2, 0.25) is 0 Å². The number of hydrogen-bond acceptors (Lipinski definition) is 2. The number of alkyl halides is 1. The molecule has 1 heterocycles. The Balaban J connectivity index is 1.63. The van der Waals surface area contributed by atoms with Crippen LogP contribution < -0.4 is 0 Å². The van der Waals surface area contributed by atoms with Crippen molar-refractivity contribution in [2.24, 2.45) is 5.92 Å². The van der Waals surface area contributed by atoms with Crippen molar-refractivity contribution in [3.05, 3.63) is 0 Å². The van der Waals surface area contributed by atoms with E-state index in [9.17, 15) is 4.79 Å².